The van der Waals surface area contributed by atoms with E-state index >= 15 is 0 Å². The van der Waals surface area contributed by atoms with E-state index in [9.17, 15) is 4.79 Å². The molecule has 0 aliphatic carbocycles. The first-order valence-corrected chi connectivity index (χ1v) is 6.08. The SMILES string of the molecule is CCCN(CCCCN)C(=O)OC(C)(C)C. The minimum atomic E-state index is -0.420. The molecule has 0 fully saturated rings. The van der Waals surface area contributed by atoms with Gasteiger partial charge in [-0.15, -0.1) is 0 Å². The van der Waals surface area contributed by atoms with Gasteiger partial charge in [0.05, 0.1) is 0 Å². The van der Waals surface area contributed by atoms with Crippen molar-refractivity contribution in [2.45, 2.75) is 52.6 Å². The van der Waals surface area contributed by atoms with E-state index in [-0.39, 0.29) is 6.09 Å². The highest BCUT2D eigenvalue weighted by atomic mass is 16.6. The molecule has 0 aliphatic rings. The van der Waals surface area contributed by atoms with Crippen molar-refractivity contribution < 1.29 is 9.53 Å². The van der Waals surface area contributed by atoms with Gasteiger partial charge in [0.1, 0.15) is 5.60 Å². The Kier molecular flexibility index (Phi) is 7.13. The Labute approximate surface area is 99.1 Å². The Morgan fingerprint density at radius 1 is 1.25 bits per heavy atom. The lowest BCUT2D eigenvalue weighted by molar-refractivity contribution is 0.0247. The zero-order valence-electron chi connectivity index (χ0n) is 11.1. The van der Waals surface area contributed by atoms with Crippen molar-refractivity contribution >= 4 is 6.09 Å². The van der Waals surface area contributed by atoms with Crippen LogP contribution in [0, 0.1) is 0 Å². The van der Waals surface area contributed by atoms with Gasteiger partial charge in [0.2, 0.25) is 0 Å². The number of rotatable bonds is 6. The van der Waals surface area contributed by atoms with Gasteiger partial charge in [-0.3, -0.25) is 0 Å². The normalized spacial score (nSPS) is 11.3. The van der Waals surface area contributed by atoms with Crippen molar-refractivity contribution in [3.8, 4) is 0 Å². The number of carbonyl (C=O) groups is 1. The van der Waals surface area contributed by atoms with Crippen LogP contribution < -0.4 is 5.73 Å². The molecule has 0 saturated carbocycles. The molecule has 0 aromatic heterocycles. The van der Waals surface area contributed by atoms with Crippen molar-refractivity contribution in [2.24, 2.45) is 5.73 Å². The van der Waals surface area contributed by atoms with Gasteiger partial charge in [-0.1, -0.05) is 6.92 Å². The van der Waals surface area contributed by atoms with E-state index in [1.165, 1.54) is 0 Å². The van der Waals surface area contributed by atoms with Gasteiger partial charge in [-0.05, 0) is 46.6 Å². The van der Waals surface area contributed by atoms with Gasteiger partial charge in [-0.25, -0.2) is 4.79 Å². The molecular formula is C12H26N2O2. The predicted molar refractivity (Wildman–Crippen MR) is 66.4 cm³/mol. The number of nitrogens with zero attached hydrogens (tertiary/aromatic N) is 1. The second-order valence-electron chi connectivity index (χ2n) is 4.96. The fourth-order valence-electron chi connectivity index (χ4n) is 1.34. The maximum atomic E-state index is 11.8. The summed E-state index contributed by atoms with van der Waals surface area (Å²) < 4.78 is 5.34. The Hall–Kier alpha value is -0.770. The molecule has 0 heterocycles. The Morgan fingerprint density at radius 2 is 1.88 bits per heavy atom. The lowest BCUT2D eigenvalue weighted by Gasteiger charge is -2.27. The van der Waals surface area contributed by atoms with Crippen molar-refractivity contribution in [3.05, 3.63) is 0 Å². The molecule has 0 aliphatic heterocycles. The van der Waals surface area contributed by atoms with Crippen LogP contribution in [0.2, 0.25) is 0 Å². The second kappa shape index (κ2) is 7.49. The fraction of sp³-hybridized carbons (Fsp3) is 0.917. The molecule has 0 rings (SSSR count). The lowest BCUT2D eigenvalue weighted by atomic mass is 10.2. The molecule has 96 valence electrons. The number of hydrogen-bond acceptors (Lipinski definition) is 3. The highest BCUT2D eigenvalue weighted by Gasteiger charge is 2.20. The third-order valence-corrected chi connectivity index (χ3v) is 2.03. The number of nitrogens with two attached hydrogens (primary N) is 1. The van der Waals surface area contributed by atoms with E-state index in [1.54, 1.807) is 4.90 Å². The first-order valence-electron chi connectivity index (χ1n) is 6.08. The fourth-order valence-corrected chi connectivity index (χ4v) is 1.34. The topological polar surface area (TPSA) is 55.6 Å². The highest BCUT2D eigenvalue weighted by molar-refractivity contribution is 5.68. The molecule has 0 saturated heterocycles. The molecule has 0 spiro atoms. The molecule has 4 heteroatoms. The molecule has 0 radical (unpaired) electrons. The summed E-state index contributed by atoms with van der Waals surface area (Å²) in [6, 6.07) is 0. The Morgan fingerprint density at radius 3 is 2.31 bits per heavy atom. The van der Waals surface area contributed by atoms with E-state index in [1.807, 2.05) is 20.8 Å². The van der Waals surface area contributed by atoms with Crippen LogP contribution in [0.3, 0.4) is 0 Å². The average Bonchev–Trinajstić information content (AvgIpc) is 2.14. The average molecular weight is 230 g/mol. The van der Waals surface area contributed by atoms with E-state index < -0.39 is 5.60 Å². The van der Waals surface area contributed by atoms with E-state index in [0.29, 0.717) is 6.54 Å². The second-order valence-corrected chi connectivity index (χ2v) is 4.96. The van der Waals surface area contributed by atoms with Gasteiger partial charge in [-0.2, -0.15) is 0 Å². The molecule has 0 aromatic carbocycles. The summed E-state index contributed by atoms with van der Waals surface area (Å²) in [5.41, 5.74) is 5.01. The Bertz CT molecular complexity index is 200. The molecule has 2 N–H and O–H groups in total. The van der Waals surface area contributed by atoms with Crippen molar-refractivity contribution in [3.63, 3.8) is 0 Å². The van der Waals surface area contributed by atoms with E-state index in [0.717, 1.165) is 32.4 Å². The largest absolute Gasteiger partial charge is 0.444 e. The van der Waals surface area contributed by atoms with Crippen LogP contribution in [0.4, 0.5) is 4.79 Å². The quantitative estimate of drug-likeness (QED) is 0.713. The van der Waals surface area contributed by atoms with E-state index in [2.05, 4.69) is 6.92 Å². The monoisotopic (exact) mass is 230 g/mol. The summed E-state index contributed by atoms with van der Waals surface area (Å²) in [5, 5.41) is 0. The number of amides is 1. The molecule has 4 nitrogen and oxygen atoms in total. The molecule has 0 unspecified atom stereocenters. The van der Waals surface area contributed by atoms with Gasteiger partial charge in [0.15, 0.2) is 0 Å². The van der Waals surface area contributed by atoms with Crippen molar-refractivity contribution in [1.29, 1.82) is 0 Å². The van der Waals surface area contributed by atoms with Crippen LogP contribution in [0.25, 0.3) is 0 Å². The Balaban J connectivity index is 4.12. The molecule has 16 heavy (non-hydrogen) atoms. The lowest BCUT2D eigenvalue weighted by Crippen LogP contribution is -2.38. The molecule has 0 bridgehead atoms. The van der Waals surface area contributed by atoms with Crippen molar-refractivity contribution in [2.75, 3.05) is 19.6 Å². The predicted octanol–water partition coefficient (Wildman–Crippen LogP) is 2.37. The molecule has 0 atom stereocenters. The standard InChI is InChI=1S/C12H26N2O2/c1-5-9-14(10-7-6-8-13)11(15)16-12(2,3)4/h5-10,13H2,1-4H3. The number of unbranched alkanes of at least 4 members (excludes halogenated alkanes) is 1. The van der Waals surface area contributed by atoms with Crippen LogP contribution in [0.15, 0.2) is 0 Å². The van der Waals surface area contributed by atoms with Gasteiger partial charge >= 0.3 is 6.09 Å². The van der Waals surface area contributed by atoms with Gasteiger partial charge in [0.25, 0.3) is 0 Å². The maximum Gasteiger partial charge on any atom is 0.410 e. The summed E-state index contributed by atoms with van der Waals surface area (Å²) in [7, 11) is 0. The minimum Gasteiger partial charge on any atom is -0.444 e. The zero-order valence-corrected chi connectivity index (χ0v) is 11.1. The highest BCUT2D eigenvalue weighted by Crippen LogP contribution is 2.10. The summed E-state index contributed by atoms with van der Waals surface area (Å²) >= 11 is 0. The first-order chi connectivity index (χ1) is 7.40. The maximum absolute atomic E-state index is 11.8. The third-order valence-electron chi connectivity index (χ3n) is 2.03. The zero-order chi connectivity index (χ0) is 12.6. The number of carbonyl (C=O) groups excluding carboxylic acids is 1. The molecule has 1 amide bonds. The number of hydrogen-bond donors (Lipinski definition) is 1. The van der Waals surface area contributed by atoms with Gasteiger partial charge in [0, 0.05) is 13.1 Å². The van der Waals surface area contributed by atoms with Crippen LogP contribution in [0.5, 0.6) is 0 Å². The van der Waals surface area contributed by atoms with Gasteiger partial charge < -0.3 is 15.4 Å². The van der Waals surface area contributed by atoms with Crippen LogP contribution >= 0.6 is 0 Å². The summed E-state index contributed by atoms with van der Waals surface area (Å²) in [4.78, 5) is 13.6. The first kappa shape index (κ1) is 15.2. The number of ether oxygens (including phenoxy) is 1. The summed E-state index contributed by atoms with van der Waals surface area (Å²) in [6.07, 6.45) is 2.62. The van der Waals surface area contributed by atoms with Crippen molar-refractivity contribution in [1.82, 2.24) is 4.90 Å². The summed E-state index contributed by atoms with van der Waals surface area (Å²) in [5.74, 6) is 0. The third kappa shape index (κ3) is 7.51. The van der Waals surface area contributed by atoms with Crippen LogP contribution in [-0.4, -0.2) is 36.2 Å². The summed E-state index contributed by atoms with van der Waals surface area (Å²) in [6.45, 7) is 9.87. The smallest absolute Gasteiger partial charge is 0.410 e. The minimum absolute atomic E-state index is 0.216. The molecule has 0 aromatic rings. The van der Waals surface area contributed by atoms with Crippen LogP contribution in [0.1, 0.15) is 47.0 Å². The van der Waals surface area contributed by atoms with E-state index in [4.69, 9.17) is 10.5 Å². The van der Waals surface area contributed by atoms with Crippen LogP contribution in [-0.2, 0) is 4.74 Å². The molecular weight excluding hydrogens is 204 g/mol.